The monoisotopic (exact) mass is 315 g/mol. The van der Waals surface area contributed by atoms with Gasteiger partial charge in [0.1, 0.15) is 18.2 Å². The minimum Gasteiger partial charge on any atom is -0.489 e. The predicted molar refractivity (Wildman–Crippen MR) is 94.8 cm³/mol. The Morgan fingerprint density at radius 3 is 2.71 bits per heavy atom. The molecule has 4 aromatic rings. The van der Waals surface area contributed by atoms with Gasteiger partial charge in [-0.05, 0) is 36.8 Å². The summed E-state index contributed by atoms with van der Waals surface area (Å²) in [6.07, 6.45) is 3.55. The second-order valence-electron chi connectivity index (χ2n) is 5.78. The number of imidazole rings is 1. The molecule has 0 unspecified atom stereocenters. The highest BCUT2D eigenvalue weighted by Crippen LogP contribution is 2.24. The number of aromatic nitrogens is 3. The van der Waals surface area contributed by atoms with Crippen molar-refractivity contribution in [2.75, 3.05) is 0 Å². The maximum atomic E-state index is 5.89. The van der Waals surface area contributed by atoms with Gasteiger partial charge in [0.25, 0.3) is 0 Å². The average Bonchev–Trinajstić information content (AvgIpc) is 3.05. The van der Waals surface area contributed by atoms with Gasteiger partial charge in [-0.1, -0.05) is 29.8 Å². The molecule has 4 nitrogen and oxygen atoms in total. The van der Waals surface area contributed by atoms with E-state index in [1.165, 1.54) is 5.56 Å². The molecule has 2 aromatic carbocycles. The van der Waals surface area contributed by atoms with E-state index < -0.39 is 0 Å². The third-order valence-corrected chi connectivity index (χ3v) is 3.92. The van der Waals surface area contributed by atoms with Crippen LogP contribution in [0.4, 0.5) is 0 Å². The number of rotatable bonds is 4. The summed E-state index contributed by atoms with van der Waals surface area (Å²) >= 11 is 0. The molecule has 2 heterocycles. The Labute approximate surface area is 140 Å². The quantitative estimate of drug-likeness (QED) is 0.602. The minimum absolute atomic E-state index is 0.547. The second-order valence-corrected chi connectivity index (χ2v) is 5.78. The molecule has 1 N–H and O–H groups in total. The Balaban J connectivity index is 1.55. The molecule has 0 amide bonds. The van der Waals surface area contributed by atoms with Gasteiger partial charge < -0.3 is 9.72 Å². The highest BCUT2D eigenvalue weighted by atomic mass is 16.5. The minimum atomic E-state index is 0.547. The molecule has 0 fully saturated rings. The number of benzene rings is 2. The zero-order chi connectivity index (χ0) is 16.4. The number of pyridine rings is 1. The lowest BCUT2D eigenvalue weighted by Gasteiger charge is -2.06. The third kappa shape index (κ3) is 2.99. The number of nitrogens with zero attached hydrogens (tertiary/aromatic N) is 2. The Morgan fingerprint density at radius 2 is 1.92 bits per heavy atom. The van der Waals surface area contributed by atoms with E-state index in [1.807, 2.05) is 30.3 Å². The van der Waals surface area contributed by atoms with Crippen LogP contribution in [-0.4, -0.2) is 15.0 Å². The van der Waals surface area contributed by atoms with Crippen molar-refractivity contribution in [2.24, 2.45) is 0 Å². The molecule has 2 aromatic heterocycles. The van der Waals surface area contributed by atoms with Crippen molar-refractivity contribution in [1.29, 1.82) is 0 Å². The van der Waals surface area contributed by atoms with Crippen LogP contribution < -0.4 is 4.74 Å². The van der Waals surface area contributed by atoms with Crippen molar-refractivity contribution in [3.05, 3.63) is 78.1 Å². The molecule has 0 aliphatic carbocycles. The Kier molecular flexibility index (Phi) is 3.71. The first-order chi connectivity index (χ1) is 11.8. The number of nitrogens with one attached hydrogen (secondary N) is 1. The first-order valence-electron chi connectivity index (χ1n) is 7.86. The molecule has 0 atom stereocenters. The standard InChI is InChI=1S/C20H17N3O/c1-14-4-6-15(7-5-14)13-24-17-8-9-18-19(11-17)23-20(22-18)16-3-2-10-21-12-16/h2-12H,13H2,1H3,(H,22,23). The summed E-state index contributed by atoms with van der Waals surface area (Å²) in [5.74, 6) is 1.63. The number of ether oxygens (including phenoxy) is 1. The van der Waals surface area contributed by atoms with Crippen LogP contribution in [0.2, 0.25) is 0 Å². The predicted octanol–water partition coefficient (Wildman–Crippen LogP) is 4.51. The van der Waals surface area contributed by atoms with Crippen molar-refractivity contribution in [3.8, 4) is 17.1 Å². The Bertz CT molecular complexity index is 959. The third-order valence-electron chi connectivity index (χ3n) is 3.92. The maximum Gasteiger partial charge on any atom is 0.140 e. The van der Waals surface area contributed by atoms with Gasteiger partial charge in [-0.15, -0.1) is 0 Å². The first-order valence-corrected chi connectivity index (χ1v) is 7.86. The van der Waals surface area contributed by atoms with E-state index in [1.54, 1.807) is 12.4 Å². The van der Waals surface area contributed by atoms with Crippen molar-refractivity contribution < 1.29 is 4.74 Å². The Morgan fingerprint density at radius 1 is 1.04 bits per heavy atom. The summed E-state index contributed by atoms with van der Waals surface area (Å²) in [5.41, 5.74) is 5.24. The van der Waals surface area contributed by atoms with Crippen LogP contribution in [0, 0.1) is 6.92 Å². The molecule has 24 heavy (non-hydrogen) atoms. The Hall–Kier alpha value is -3.14. The molecule has 4 heteroatoms. The zero-order valence-corrected chi connectivity index (χ0v) is 13.4. The summed E-state index contributed by atoms with van der Waals surface area (Å²) < 4.78 is 5.89. The topological polar surface area (TPSA) is 50.8 Å². The summed E-state index contributed by atoms with van der Waals surface area (Å²) in [6, 6.07) is 18.2. The number of fused-ring (bicyclic) bond motifs is 1. The van der Waals surface area contributed by atoms with Gasteiger partial charge in [0.2, 0.25) is 0 Å². The van der Waals surface area contributed by atoms with Gasteiger partial charge in [-0.3, -0.25) is 4.98 Å². The lowest BCUT2D eigenvalue weighted by Crippen LogP contribution is -1.95. The van der Waals surface area contributed by atoms with Gasteiger partial charge in [-0.25, -0.2) is 4.98 Å². The molecule has 0 saturated carbocycles. The van der Waals surface area contributed by atoms with Crippen molar-refractivity contribution >= 4 is 11.0 Å². The molecule has 0 bridgehead atoms. The van der Waals surface area contributed by atoms with Gasteiger partial charge in [0, 0.05) is 24.0 Å². The van der Waals surface area contributed by atoms with Crippen LogP contribution in [0.3, 0.4) is 0 Å². The van der Waals surface area contributed by atoms with E-state index in [2.05, 4.69) is 46.1 Å². The fourth-order valence-corrected chi connectivity index (χ4v) is 2.57. The fraction of sp³-hybridized carbons (Fsp3) is 0.100. The van der Waals surface area contributed by atoms with Crippen LogP contribution in [-0.2, 0) is 6.61 Å². The van der Waals surface area contributed by atoms with Crippen molar-refractivity contribution in [2.45, 2.75) is 13.5 Å². The summed E-state index contributed by atoms with van der Waals surface area (Å²) in [7, 11) is 0. The van der Waals surface area contributed by atoms with E-state index in [0.29, 0.717) is 6.61 Å². The van der Waals surface area contributed by atoms with Crippen molar-refractivity contribution in [3.63, 3.8) is 0 Å². The van der Waals surface area contributed by atoms with Gasteiger partial charge in [0.15, 0.2) is 0 Å². The molecule has 118 valence electrons. The number of aromatic amines is 1. The van der Waals surface area contributed by atoms with Crippen LogP contribution >= 0.6 is 0 Å². The molecule has 0 aliphatic rings. The summed E-state index contributed by atoms with van der Waals surface area (Å²) in [4.78, 5) is 12.1. The van der Waals surface area contributed by atoms with Gasteiger partial charge in [-0.2, -0.15) is 0 Å². The molecule has 0 spiro atoms. The van der Waals surface area contributed by atoms with E-state index in [9.17, 15) is 0 Å². The fourth-order valence-electron chi connectivity index (χ4n) is 2.57. The number of H-pyrrole nitrogens is 1. The molecule has 0 saturated heterocycles. The first kappa shape index (κ1) is 14.5. The zero-order valence-electron chi connectivity index (χ0n) is 13.4. The SMILES string of the molecule is Cc1ccc(COc2ccc3[nH]c(-c4cccnc4)nc3c2)cc1. The van der Waals surface area contributed by atoms with Crippen LogP contribution in [0.5, 0.6) is 5.75 Å². The number of hydrogen-bond acceptors (Lipinski definition) is 3. The lowest BCUT2D eigenvalue weighted by atomic mass is 10.2. The largest absolute Gasteiger partial charge is 0.489 e. The maximum absolute atomic E-state index is 5.89. The van der Waals surface area contributed by atoms with Crippen LogP contribution in [0.25, 0.3) is 22.4 Å². The molecular formula is C20H17N3O. The van der Waals surface area contributed by atoms with Crippen LogP contribution in [0.1, 0.15) is 11.1 Å². The molecule has 4 rings (SSSR count). The van der Waals surface area contributed by atoms with E-state index in [-0.39, 0.29) is 0 Å². The molecular weight excluding hydrogens is 298 g/mol. The lowest BCUT2D eigenvalue weighted by molar-refractivity contribution is 0.306. The van der Waals surface area contributed by atoms with Gasteiger partial charge in [0.05, 0.1) is 11.0 Å². The summed E-state index contributed by atoms with van der Waals surface area (Å²) in [6.45, 7) is 2.63. The normalized spacial score (nSPS) is 10.9. The van der Waals surface area contributed by atoms with E-state index >= 15 is 0 Å². The van der Waals surface area contributed by atoms with E-state index in [4.69, 9.17) is 4.74 Å². The number of aryl methyl sites for hydroxylation is 1. The molecule has 0 aliphatic heterocycles. The van der Waals surface area contributed by atoms with E-state index in [0.717, 1.165) is 33.7 Å². The number of hydrogen-bond donors (Lipinski definition) is 1. The smallest absolute Gasteiger partial charge is 0.140 e. The highest BCUT2D eigenvalue weighted by Gasteiger charge is 2.06. The highest BCUT2D eigenvalue weighted by molar-refractivity contribution is 5.80. The average molecular weight is 315 g/mol. The summed E-state index contributed by atoms with van der Waals surface area (Å²) in [5, 5.41) is 0. The molecule has 0 radical (unpaired) electrons. The van der Waals surface area contributed by atoms with Crippen molar-refractivity contribution in [1.82, 2.24) is 15.0 Å². The van der Waals surface area contributed by atoms with Crippen LogP contribution in [0.15, 0.2) is 67.0 Å². The van der Waals surface area contributed by atoms with Gasteiger partial charge >= 0.3 is 0 Å². The second kappa shape index (κ2) is 6.16.